The normalized spacial score (nSPS) is 14.1. The first-order valence-corrected chi connectivity index (χ1v) is 11.2. The fraction of sp³-hybridized carbons (Fsp3) is 0.684. The fourth-order valence-corrected chi connectivity index (χ4v) is 4.18. The third-order valence-electron chi connectivity index (χ3n) is 4.90. The second-order valence-electron chi connectivity index (χ2n) is 7.00. The Morgan fingerprint density at radius 2 is 1.93 bits per heavy atom. The van der Waals surface area contributed by atoms with Gasteiger partial charge in [-0.2, -0.15) is 0 Å². The number of carbonyl (C=O) groups excluding carboxylic acids is 2. The summed E-state index contributed by atoms with van der Waals surface area (Å²) in [5.74, 6) is -0.600. The number of nitrogens with one attached hydrogen (secondary N) is 1. The molecule has 9 nitrogen and oxygen atoms in total. The molecule has 10 heteroatoms. The van der Waals surface area contributed by atoms with E-state index in [0.29, 0.717) is 6.54 Å². The van der Waals surface area contributed by atoms with Crippen molar-refractivity contribution in [2.45, 2.75) is 65.0 Å². The monoisotopic (exact) mass is 426 g/mol. The van der Waals surface area contributed by atoms with E-state index in [0.717, 1.165) is 50.3 Å². The molecule has 1 aliphatic rings. The summed E-state index contributed by atoms with van der Waals surface area (Å²) in [4.78, 5) is 53.2. The van der Waals surface area contributed by atoms with Gasteiger partial charge in [-0.3, -0.25) is 23.9 Å². The van der Waals surface area contributed by atoms with Gasteiger partial charge in [0.15, 0.2) is 5.69 Å². The number of aromatic amines is 1. The lowest BCUT2D eigenvalue weighted by atomic mass is 10.2. The average Bonchev–Trinajstić information content (AvgIpc) is 3.19. The minimum atomic E-state index is -0.657. The highest BCUT2D eigenvalue weighted by atomic mass is 32.2. The Bertz CT molecular complexity index is 829. The van der Waals surface area contributed by atoms with Crippen LogP contribution >= 0.6 is 11.8 Å². The van der Waals surface area contributed by atoms with Gasteiger partial charge in [-0.15, -0.1) is 11.8 Å². The van der Waals surface area contributed by atoms with Crippen molar-refractivity contribution in [1.29, 1.82) is 0 Å². The van der Waals surface area contributed by atoms with Crippen LogP contribution in [0.15, 0.2) is 9.59 Å². The predicted octanol–water partition coefficient (Wildman–Crippen LogP) is 1.49. The van der Waals surface area contributed by atoms with Gasteiger partial charge in [0, 0.05) is 12.6 Å². The molecule has 2 rings (SSSR count). The summed E-state index contributed by atoms with van der Waals surface area (Å²) in [5.41, 5.74) is 5.03. The molecule has 0 aromatic carbocycles. The molecule has 1 aromatic rings. The molecular formula is C19H30N4O5S. The summed E-state index contributed by atoms with van der Waals surface area (Å²) in [5, 5.41) is 0. The van der Waals surface area contributed by atoms with E-state index in [1.54, 1.807) is 6.92 Å². The third kappa shape index (κ3) is 5.88. The minimum Gasteiger partial charge on any atom is -0.465 e. The fourth-order valence-electron chi connectivity index (χ4n) is 3.52. The Labute approximate surface area is 174 Å². The van der Waals surface area contributed by atoms with Gasteiger partial charge < -0.3 is 15.4 Å². The molecule has 1 aromatic heterocycles. The maximum atomic E-state index is 13.0. The van der Waals surface area contributed by atoms with Crippen molar-refractivity contribution in [3.63, 3.8) is 0 Å². The van der Waals surface area contributed by atoms with Crippen LogP contribution in [0.4, 0.5) is 11.5 Å². The molecule has 0 atom stereocenters. The van der Waals surface area contributed by atoms with E-state index in [-0.39, 0.29) is 47.5 Å². The number of aromatic nitrogens is 2. The molecule has 1 saturated carbocycles. The van der Waals surface area contributed by atoms with Gasteiger partial charge in [-0.05, 0) is 26.2 Å². The zero-order valence-corrected chi connectivity index (χ0v) is 17.9. The number of nitrogen functional groups attached to an aromatic ring is 1. The van der Waals surface area contributed by atoms with Crippen LogP contribution in [0.2, 0.25) is 0 Å². The Hall–Kier alpha value is -2.23. The first-order valence-electron chi connectivity index (χ1n) is 10.1. The van der Waals surface area contributed by atoms with Crippen LogP contribution in [0.25, 0.3) is 0 Å². The van der Waals surface area contributed by atoms with Gasteiger partial charge >= 0.3 is 11.7 Å². The van der Waals surface area contributed by atoms with Crippen molar-refractivity contribution in [2.75, 3.05) is 28.7 Å². The number of hydrogen-bond acceptors (Lipinski definition) is 7. The molecule has 0 saturated heterocycles. The number of anilines is 2. The van der Waals surface area contributed by atoms with Gasteiger partial charge in [0.25, 0.3) is 5.56 Å². The first-order chi connectivity index (χ1) is 13.9. The van der Waals surface area contributed by atoms with E-state index in [1.165, 1.54) is 9.47 Å². The Kier molecular flexibility index (Phi) is 8.81. The summed E-state index contributed by atoms with van der Waals surface area (Å²) in [6.07, 6.45) is 5.02. The van der Waals surface area contributed by atoms with Crippen molar-refractivity contribution >= 4 is 35.1 Å². The number of unbranched alkanes of at least 4 members (excludes halogenated alkanes) is 1. The molecule has 3 N–H and O–H groups in total. The van der Waals surface area contributed by atoms with Crippen LogP contribution in [0.5, 0.6) is 0 Å². The molecule has 0 spiro atoms. The number of nitrogens with two attached hydrogens (primary N) is 1. The maximum absolute atomic E-state index is 13.0. The van der Waals surface area contributed by atoms with Crippen molar-refractivity contribution in [2.24, 2.45) is 0 Å². The zero-order chi connectivity index (χ0) is 21.4. The van der Waals surface area contributed by atoms with Crippen LogP contribution in [0, 0.1) is 0 Å². The largest absolute Gasteiger partial charge is 0.465 e. The highest BCUT2D eigenvalue weighted by Crippen LogP contribution is 2.30. The van der Waals surface area contributed by atoms with E-state index in [2.05, 4.69) is 4.98 Å². The first kappa shape index (κ1) is 23.1. The van der Waals surface area contributed by atoms with Crippen LogP contribution < -0.4 is 21.9 Å². The van der Waals surface area contributed by atoms with E-state index in [1.807, 2.05) is 6.92 Å². The average molecular weight is 427 g/mol. The van der Waals surface area contributed by atoms with Gasteiger partial charge in [0.2, 0.25) is 5.91 Å². The van der Waals surface area contributed by atoms with Crippen molar-refractivity contribution in [3.8, 4) is 0 Å². The summed E-state index contributed by atoms with van der Waals surface area (Å²) in [6, 6.07) is -0.147. The van der Waals surface area contributed by atoms with E-state index in [4.69, 9.17) is 10.5 Å². The van der Waals surface area contributed by atoms with Crippen LogP contribution in [0.1, 0.15) is 52.4 Å². The van der Waals surface area contributed by atoms with Crippen molar-refractivity contribution in [3.05, 3.63) is 20.8 Å². The highest BCUT2D eigenvalue weighted by molar-refractivity contribution is 8.00. The van der Waals surface area contributed by atoms with Gasteiger partial charge in [0.1, 0.15) is 5.82 Å². The number of esters is 1. The van der Waals surface area contributed by atoms with E-state index >= 15 is 0 Å². The molecular weight excluding hydrogens is 396 g/mol. The number of ether oxygens (including phenoxy) is 1. The molecule has 0 aliphatic heterocycles. The smallest absolute Gasteiger partial charge is 0.330 e. The topological polar surface area (TPSA) is 127 Å². The third-order valence-corrected chi connectivity index (χ3v) is 5.79. The lowest BCUT2D eigenvalue weighted by Crippen LogP contribution is -2.46. The van der Waals surface area contributed by atoms with Gasteiger partial charge in [-0.1, -0.05) is 26.2 Å². The molecule has 1 fully saturated rings. The number of thioether (sulfide) groups is 1. The highest BCUT2D eigenvalue weighted by Gasteiger charge is 2.32. The Morgan fingerprint density at radius 3 is 2.55 bits per heavy atom. The number of amides is 1. The number of hydrogen-bond donors (Lipinski definition) is 2. The quantitative estimate of drug-likeness (QED) is 0.543. The number of nitrogens with zero attached hydrogens (tertiary/aromatic N) is 2. The van der Waals surface area contributed by atoms with Crippen molar-refractivity contribution in [1.82, 2.24) is 9.55 Å². The zero-order valence-electron chi connectivity index (χ0n) is 17.1. The minimum absolute atomic E-state index is 0.0162. The van der Waals surface area contributed by atoms with Crippen LogP contribution in [-0.2, 0) is 20.9 Å². The summed E-state index contributed by atoms with van der Waals surface area (Å²) in [6.45, 7) is 4.36. The number of rotatable bonds is 10. The Balaban J connectivity index is 2.32. The summed E-state index contributed by atoms with van der Waals surface area (Å²) in [7, 11) is 0. The molecule has 0 unspecified atom stereocenters. The van der Waals surface area contributed by atoms with Crippen LogP contribution in [-0.4, -0.2) is 45.6 Å². The standard InChI is InChI=1S/C19H30N4O5S/c1-3-5-10-22-17(20)16(18(26)21-19(22)27)23(13-8-6-7-9-13)14(24)11-29-12-15(25)28-4-2/h13H,3-12,20H2,1-2H3,(H,21,26,27). The van der Waals surface area contributed by atoms with E-state index < -0.39 is 11.2 Å². The van der Waals surface area contributed by atoms with Crippen LogP contribution in [0.3, 0.4) is 0 Å². The second-order valence-corrected chi connectivity index (χ2v) is 7.98. The lowest BCUT2D eigenvalue weighted by Gasteiger charge is -2.29. The SMILES string of the molecule is CCCCn1c(N)c(N(C(=O)CSCC(=O)OCC)C2CCCC2)c(=O)[nH]c1=O. The number of H-pyrrole nitrogens is 1. The predicted molar refractivity (Wildman–Crippen MR) is 114 cm³/mol. The van der Waals surface area contributed by atoms with E-state index in [9.17, 15) is 19.2 Å². The molecule has 0 radical (unpaired) electrons. The molecule has 1 amide bonds. The lowest BCUT2D eigenvalue weighted by molar-refractivity contribution is -0.139. The molecule has 1 aliphatic carbocycles. The summed E-state index contributed by atoms with van der Waals surface area (Å²) < 4.78 is 6.20. The summed E-state index contributed by atoms with van der Waals surface area (Å²) >= 11 is 1.14. The molecule has 0 bridgehead atoms. The Morgan fingerprint density at radius 1 is 1.24 bits per heavy atom. The number of carbonyl (C=O) groups is 2. The van der Waals surface area contributed by atoms with Gasteiger partial charge in [-0.25, -0.2) is 4.79 Å². The molecule has 162 valence electrons. The molecule has 29 heavy (non-hydrogen) atoms. The second kappa shape index (κ2) is 11.1. The maximum Gasteiger partial charge on any atom is 0.330 e. The van der Waals surface area contributed by atoms with Gasteiger partial charge in [0.05, 0.1) is 18.1 Å². The molecule has 1 heterocycles. The van der Waals surface area contributed by atoms with Crippen molar-refractivity contribution < 1.29 is 14.3 Å².